The van der Waals surface area contributed by atoms with Gasteiger partial charge in [0.15, 0.2) is 5.78 Å². The monoisotopic (exact) mass is 215 g/mol. The van der Waals surface area contributed by atoms with E-state index in [1.54, 1.807) is 6.07 Å². The molecule has 2 rings (SSSR count). The predicted molar refractivity (Wildman–Crippen MR) is 54.7 cm³/mol. The summed E-state index contributed by atoms with van der Waals surface area (Å²) < 4.78 is 0. The first-order valence-corrected chi connectivity index (χ1v) is 5.51. The van der Waals surface area contributed by atoms with Crippen molar-refractivity contribution < 1.29 is 4.79 Å². The Morgan fingerprint density at radius 3 is 2.85 bits per heavy atom. The third kappa shape index (κ3) is 1.93. The van der Waals surface area contributed by atoms with Crippen molar-refractivity contribution in [3.05, 3.63) is 21.3 Å². The zero-order valence-corrected chi connectivity index (χ0v) is 8.70. The lowest BCUT2D eigenvalue weighted by Crippen LogP contribution is -2.40. The fourth-order valence-corrected chi connectivity index (χ4v) is 2.40. The number of ketones is 1. The van der Waals surface area contributed by atoms with Gasteiger partial charge >= 0.3 is 0 Å². The van der Waals surface area contributed by atoms with E-state index in [0.717, 1.165) is 13.1 Å². The highest BCUT2D eigenvalue weighted by Crippen LogP contribution is 2.23. The van der Waals surface area contributed by atoms with E-state index in [9.17, 15) is 4.79 Å². The molecule has 0 radical (unpaired) electrons. The van der Waals surface area contributed by atoms with Gasteiger partial charge in [-0.15, -0.1) is 11.3 Å². The number of likely N-dealkylation sites (tertiary alicyclic amines) is 1. The zero-order valence-electron chi connectivity index (χ0n) is 7.12. The molecule has 13 heavy (non-hydrogen) atoms. The fourth-order valence-electron chi connectivity index (χ4n) is 1.31. The molecule has 1 saturated heterocycles. The molecule has 1 fully saturated rings. The Kier molecular flexibility index (Phi) is 2.67. The predicted octanol–water partition coefficient (Wildman–Crippen LogP) is 2.29. The minimum atomic E-state index is 0.153. The van der Waals surface area contributed by atoms with Crippen molar-refractivity contribution in [1.82, 2.24) is 4.90 Å². The highest BCUT2D eigenvalue weighted by atomic mass is 35.5. The van der Waals surface area contributed by atoms with Gasteiger partial charge in [0.25, 0.3) is 0 Å². The molecule has 4 heteroatoms. The van der Waals surface area contributed by atoms with Gasteiger partial charge in [-0.2, -0.15) is 0 Å². The van der Waals surface area contributed by atoms with Gasteiger partial charge < -0.3 is 0 Å². The molecule has 0 saturated carbocycles. The van der Waals surface area contributed by atoms with Crippen LogP contribution in [-0.4, -0.2) is 30.3 Å². The largest absolute Gasteiger partial charge is 0.296 e. The van der Waals surface area contributed by atoms with Gasteiger partial charge in [0.05, 0.1) is 16.4 Å². The molecule has 0 bridgehead atoms. The molecule has 1 aromatic heterocycles. The van der Waals surface area contributed by atoms with Crippen LogP contribution in [0, 0.1) is 0 Å². The van der Waals surface area contributed by atoms with Crippen molar-refractivity contribution in [3.63, 3.8) is 0 Å². The number of rotatable bonds is 3. The van der Waals surface area contributed by atoms with Crippen molar-refractivity contribution in [2.24, 2.45) is 0 Å². The highest BCUT2D eigenvalue weighted by Gasteiger charge is 2.19. The molecular formula is C9H10ClNOS. The van der Waals surface area contributed by atoms with Gasteiger partial charge in [0.2, 0.25) is 0 Å². The van der Waals surface area contributed by atoms with Gasteiger partial charge in [0, 0.05) is 0 Å². The lowest BCUT2D eigenvalue weighted by molar-refractivity contribution is 0.0879. The number of hydrogen-bond donors (Lipinski definition) is 0. The Labute approximate surface area is 86.1 Å². The number of hydrogen-bond acceptors (Lipinski definition) is 3. The van der Waals surface area contributed by atoms with E-state index in [1.165, 1.54) is 17.8 Å². The SMILES string of the molecule is O=C(CN1CCC1)c1sccc1Cl. The van der Waals surface area contributed by atoms with Crippen molar-refractivity contribution in [3.8, 4) is 0 Å². The number of carbonyl (C=O) groups excluding carboxylic acids is 1. The quantitative estimate of drug-likeness (QED) is 0.722. The van der Waals surface area contributed by atoms with Gasteiger partial charge in [-0.25, -0.2) is 0 Å². The van der Waals surface area contributed by atoms with Crippen LogP contribution in [0.1, 0.15) is 16.1 Å². The Morgan fingerprint density at radius 2 is 2.38 bits per heavy atom. The standard InChI is InChI=1S/C9H10ClNOS/c10-7-2-5-13-9(7)8(12)6-11-3-1-4-11/h2,5H,1,3-4,6H2. The Hall–Kier alpha value is -0.380. The van der Waals surface area contributed by atoms with Crippen LogP contribution in [0.2, 0.25) is 5.02 Å². The van der Waals surface area contributed by atoms with E-state index >= 15 is 0 Å². The molecule has 0 spiro atoms. The van der Waals surface area contributed by atoms with Crippen LogP contribution in [0.3, 0.4) is 0 Å². The van der Waals surface area contributed by atoms with E-state index in [4.69, 9.17) is 11.6 Å². The molecule has 2 nitrogen and oxygen atoms in total. The van der Waals surface area contributed by atoms with Crippen LogP contribution in [0.25, 0.3) is 0 Å². The average molecular weight is 216 g/mol. The number of carbonyl (C=O) groups is 1. The summed E-state index contributed by atoms with van der Waals surface area (Å²) in [4.78, 5) is 14.5. The minimum absolute atomic E-state index is 0.153. The molecule has 70 valence electrons. The van der Waals surface area contributed by atoms with Crippen LogP contribution < -0.4 is 0 Å². The first kappa shape index (κ1) is 9.19. The van der Waals surface area contributed by atoms with E-state index in [1.807, 2.05) is 5.38 Å². The molecule has 0 unspecified atom stereocenters. The molecule has 1 aliphatic rings. The van der Waals surface area contributed by atoms with Gasteiger partial charge in [-0.3, -0.25) is 9.69 Å². The van der Waals surface area contributed by atoms with Crippen molar-refractivity contribution >= 4 is 28.7 Å². The lowest BCUT2D eigenvalue weighted by Gasteiger charge is -2.29. The summed E-state index contributed by atoms with van der Waals surface area (Å²) in [7, 11) is 0. The number of Topliss-reactive ketones (excluding diaryl/α,β-unsaturated/α-hetero) is 1. The molecule has 1 aromatic rings. The molecule has 2 heterocycles. The smallest absolute Gasteiger partial charge is 0.188 e. The maximum atomic E-state index is 11.6. The summed E-state index contributed by atoms with van der Waals surface area (Å²) in [5.74, 6) is 0.153. The molecule has 0 atom stereocenters. The summed E-state index contributed by atoms with van der Waals surface area (Å²) in [5, 5.41) is 2.45. The second kappa shape index (κ2) is 3.78. The van der Waals surface area contributed by atoms with Crippen LogP contribution in [0.15, 0.2) is 11.4 Å². The summed E-state index contributed by atoms with van der Waals surface area (Å²) >= 11 is 7.28. The van der Waals surface area contributed by atoms with Crippen LogP contribution >= 0.6 is 22.9 Å². The highest BCUT2D eigenvalue weighted by molar-refractivity contribution is 7.12. The topological polar surface area (TPSA) is 20.3 Å². The van der Waals surface area contributed by atoms with Crippen LogP contribution in [-0.2, 0) is 0 Å². The van der Waals surface area contributed by atoms with E-state index < -0.39 is 0 Å². The molecule has 0 aliphatic carbocycles. The molecule has 1 aliphatic heterocycles. The van der Waals surface area contributed by atoms with Crippen molar-refractivity contribution in [2.45, 2.75) is 6.42 Å². The molecular weight excluding hydrogens is 206 g/mol. The van der Waals surface area contributed by atoms with Gasteiger partial charge in [-0.1, -0.05) is 11.6 Å². The van der Waals surface area contributed by atoms with Crippen molar-refractivity contribution in [2.75, 3.05) is 19.6 Å². The Balaban J connectivity index is 2.00. The summed E-state index contributed by atoms with van der Waals surface area (Å²) in [6, 6.07) is 1.77. The lowest BCUT2D eigenvalue weighted by atomic mass is 10.2. The fraction of sp³-hybridized carbons (Fsp3) is 0.444. The van der Waals surface area contributed by atoms with Crippen LogP contribution in [0.4, 0.5) is 0 Å². The van der Waals surface area contributed by atoms with E-state index in [0.29, 0.717) is 16.4 Å². The first-order chi connectivity index (χ1) is 6.27. The number of nitrogens with zero attached hydrogens (tertiary/aromatic N) is 1. The Morgan fingerprint density at radius 1 is 1.62 bits per heavy atom. The maximum absolute atomic E-state index is 11.6. The van der Waals surface area contributed by atoms with Crippen LogP contribution in [0.5, 0.6) is 0 Å². The number of halogens is 1. The second-order valence-corrected chi connectivity index (χ2v) is 4.47. The third-order valence-corrected chi connectivity index (χ3v) is 3.57. The van der Waals surface area contributed by atoms with Gasteiger partial charge in [-0.05, 0) is 31.0 Å². The second-order valence-electron chi connectivity index (χ2n) is 3.15. The maximum Gasteiger partial charge on any atom is 0.188 e. The summed E-state index contributed by atoms with van der Waals surface area (Å²) in [5.41, 5.74) is 0. The van der Waals surface area contributed by atoms with Crippen molar-refractivity contribution in [1.29, 1.82) is 0 Å². The van der Waals surface area contributed by atoms with E-state index in [-0.39, 0.29) is 5.78 Å². The summed E-state index contributed by atoms with van der Waals surface area (Å²) in [6.07, 6.45) is 1.21. The molecule has 0 amide bonds. The minimum Gasteiger partial charge on any atom is -0.296 e. The van der Waals surface area contributed by atoms with Gasteiger partial charge in [0.1, 0.15) is 0 Å². The first-order valence-electron chi connectivity index (χ1n) is 4.26. The van der Waals surface area contributed by atoms with E-state index in [2.05, 4.69) is 4.90 Å². The zero-order chi connectivity index (χ0) is 9.26. The molecule has 0 N–H and O–H groups in total. The number of thiophene rings is 1. The normalized spacial score (nSPS) is 17.0. The average Bonchev–Trinajstić information content (AvgIpc) is 2.43. The summed E-state index contributed by atoms with van der Waals surface area (Å²) in [6.45, 7) is 2.63. The molecule has 0 aromatic carbocycles. The third-order valence-electron chi connectivity index (χ3n) is 2.19. The Bertz CT molecular complexity index is 319.